The maximum absolute atomic E-state index is 6.10. The van der Waals surface area contributed by atoms with Gasteiger partial charge in [-0.15, -0.1) is 0 Å². The van der Waals surface area contributed by atoms with Crippen molar-refractivity contribution in [1.82, 2.24) is 0 Å². The van der Waals surface area contributed by atoms with E-state index in [-0.39, 0.29) is 0 Å². The molecule has 0 spiro atoms. The van der Waals surface area contributed by atoms with E-state index >= 15 is 0 Å². The first-order valence-corrected chi connectivity index (χ1v) is 7.44. The molecule has 0 aliphatic carbocycles. The van der Waals surface area contributed by atoms with Crippen LogP contribution in [0, 0.1) is 6.92 Å². The molecule has 0 atom stereocenters. The third-order valence-corrected chi connectivity index (χ3v) is 3.93. The number of thioether (sulfide) groups is 1. The Kier molecular flexibility index (Phi) is 5.11. The van der Waals surface area contributed by atoms with Gasteiger partial charge in [-0.3, -0.25) is 0 Å². The predicted octanol–water partition coefficient (Wildman–Crippen LogP) is 5.76. The number of ether oxygens (including phenoxy) is 1. The van der Waals surface area contributed by atoms with Crippen LogP contribution < -0.4 is 4.74 Å². The van der Waals surface area contributed by atoms with E-state index in [2.05, 4.69) is 0 Å². The third-order valence-electron chi connectivity index (χ3n) is 2.27. The van der Waals surface area contributed by atoms with Gasteiger partial charge < -0.3 is 4.74 Å². The smallest absolute Gasteiger partial charge is 0.230 e. The Labute approximate surface area is 131 Å². The molecule has 2 aromatic rings. The molecule has 5 heteroatoms. The monoisotopic (exact) mass is 328 g/mol. The van der Waals surface area contributed by atoms with Crippen molar-refractivity contribution in [2.24, 2.45) is 0 Å². The summed E-state index contributed by atoms with van der Waals surface area (Å²) in [7, 11) is 0. The lowest BCUT2D eigenvalue weighted by molar-refractivity contribution is 0.579. The molecule has 0 bridgehead atoms. The normalized spacial score (nSPS) is 10.3. The Bertz CT molecular complexity index is 577. The van der Waals surface area contributed by atoms with Gasteiger partial charge in [0.2, 0.25) is 4.38 Å². The van der Waals surface area contributed by atoms with Crippen molar-refractivity contribution in [2.45, 2.75) is 11.8 Å². The first-order valence-electron chi connectivity index (χ1n) is 5.46. The van der Waals surface area contributed by atoms with E-state index in [1.165, 1.54) is 11.8 Å². The lowest BCUT2D eigenvalue weighted by atomic mass is 10.2. The van der Waals surface area contributed by atoms with Crippen molar-refractivity contribution in [2.75, 3.05) is 0 Å². The van der Waals surface area contributed by atoms with Crippen molar-refractivity contribution >= 4 is 51.6 Å². The zero-order valence-electron chi connectivity index (χ0n) is 10.0. The molecule has 98 valence electrons. The van der Waals surface area contributed by atoms with Crippen LogP contribution in [0.4, 0.5) is 0 Å². The van der Waals surface area contributed by atoms with Gasteiger partial charge in [0, 0.05) is 4.90 Å². The van der Waals surface area contributed by atoms with Crippen molar-refractivity contribution in [3.63, 3.8) is 0 Å². The van der Waals surface area contributed by atoms with Gasteiger partial charge in [-0.1, -0.05) is 41.4 Å². The number of thiocarbonyl (C=S) groups is 1. The molecule has 2 aromatic carbocycles. The summed E-state index contributed by atoms with van der Waals surface area (Å²) >= 11 is 18.8. The van der Waals surface area contributed by atoms with Crippen LogP contribution >= 0.6 is 47.2 Å². The average molecular weight is 329 g/mol. The van der Waals surface area contributed by atoms with Crippen molar-refractivity contribution < 1.29 is 4.74 Å². The lowest BCUT2D eigenvalue weighted by Gasteiger charge is -2.10. The van der Waals surface area contributed by atoms with Crippen molar-refractivity contribution in [1.29, 1.82) is 0 Å². The van der Waals surface area contributed by atoms with Gasteiger partial charge in [-0.2, -0.15) is 0 Å². The fourth-order valence-electron chi connectivity index (χ4n) is 1.47. The Balaban J connectivity index is 2.12. The maximum Gasteiger partial charge on any atom is 0.230 e. The Hall–Kier alpha value is -0.740. The molecule has 0 saturated carbocycles. The van der Waals surface area contributed by atoms with Gasteiger partial charge in [0.05, 0.1) is 10.0 Å². The van der Waals surface area contributed by atoms with E-state index in [0.29, 0.717) is 20.2 Å². The van der Waals surface area contributed by atoms with Gasteiger partial charge in [-0.05, 0) is 60.7 Å². The minimum Gasteiger partial charge on any atom is -0.436 e. The number of aryl methyl sites for hydroxylation is 1. The molecule has 0 aliphatic heterocycles. The van der Waals surface area contributed by atoms with E-state index in [9.17, 15) is 0 Å². The Morgan fingerprint density at radius 3 is 2.26 bits per heavy atom. The van der Waals surface area contributed by atoms with Crippen molar-refractivity contribution in [3.05, 3.63) is 58.1 Å². The molecule has 0 N–H and O–H groups in total. The molecule has 2 rings (SSSR count). The lowest BCUT2D eigenvalue weighted by Crippen LogP contribution is -2.01. The molecule has 0 radical (unpaired) electrons. The molecule has 1 nitrogen and oxygen atoms in total. The molecule has 0 heterocycles. The molecule has 19 heavy (non-hydrogen) atoms. The quantitative estimate of drug-likeness (QED) is 0.512. The fourth-order valence-corrected chi connectivity index (χ4v) is 3.13. The zero-order valence-corrected chi connectivity index (χ0v) is 13.2. The van der Waals surface area contributed by atoms with Crippen LogP contribution in [0.25, 0.3) is 0 Å². The molecule has 0 unspecified atom stereocenters. The molecule has 0 saturated heterocycles. The number of benzene rings is 2. The van der Waals surface area contributed by atoms with E-state index in [1.807, 2.05) is 37.3 Å². The van der Waals surface area contributed by atoms with Gasteiger partial charge in [0.15, 0.2) is 5.75 Å². The van der Waals surface area contributed by atoms with Crippen LogP contribution in [0.15, 0.2) is 47.4 Å². The second kappa shape index (κ2) is 6.62. The molecular formula is C14H10Cl2OS2. The topological polar surface area (TPSA) is 9.23 Å². The summed E-state index contributed by atoms with van der Waals surface area (Å²) in [5, 5.41) is 0.919. The third kappa shape index (κ3) is 4.11. The van der Waals surface area contributed by atoms with E-state index < -0.39 is 0 Å². The van der Waals surface area contributed by atoms with E-state index in [0.717, 1.165) is 10.5 Å². The number of halogens is 2. The number of hydrogen-bond donors (Lipinski definition) is 0. The summed E-state index contributed by atoms with van der Waals surface area (Å²) in [6.45, 7) is 1.92. The molecule has 0 amide bonds. The summed E-state index contributed by atoms with van der Waals surface area (Å²) in [5.74, 6) is 0.405. The number of rotatable bonds is 2. The Morgan fingerprint density at radius 1 is 1.11 bits per heavy atom. The maximum atomic E-state index is 6.10. The molecule has 0 fully saturated rings. The number of hydrogen-bond acceptors (Lipinski definition) is 3. The highest BCUT2D eigenvalue weighted by atomic mass is 35.5. The summed E-state index contributed by atoms with van der Waals surface area (Å²) in [5.41, 5.74) is 0.976. The largest absolute Gasteiger partial charge is 0.436 e. The van der Waals surface area contributed by atoms with Crippen LogP contribution in [-0.4, -0.2) is 4.38 Å². The van der Waals surface area contributed by atoms with E-state index in [1.54, 1.807) is 12.1 Å². The van der Waals surface area contributed by atoms with Gasteiger partial charge in [-0.25, -0.2) is 0 Å². The van der Waals surface area contributed by atoms with E-state index in [4.69, 9.17) is 40.2 Å². The zero-order chi connectivity index (χ0) is 13.8. The second-order valence-corrected chi connectivity index (χ2v) is 6.31. The first-order chi connectivity index (χ1) is 9.06. The summed E-state index contributed by atoms with van der Waals surface area (Å²) in [4.78, 5) is 1.01. The van der Waals surface area contributed by atoms with Crippen LogP contribution in [0.2, 0.25) is 10.0 Å². The minimum absolute atomic E-state index is 0.360. The molecular weight excluding hydrogens is 319 g/mol. The van der Waals surface area contributed by atoms with Crippen LogP contribution in [0.3, 0.4) is 0 Å². The first kappa shape index (κ1) is 14.7. The predicted molar refractivity (Wildman–Crippen MR) is 86.7 cm³/mol. The van der Waals surface area contributed by atoms with Gasteiger partial charge >= 0.3 is 0 Å². The van der Waals surface area contributed by atoms with Gasteiger partial charge in [0.1, 0.15) is 0 Å². The van der Waals surface area contributed by atoms with Crippen LogP contribution in [0.1, 0.15) is 5.56 Å². The van der Waals surface area contributed by atoms with Crippen LogP contribution in [0.5, 0.6) is 5.75 Å². The van der Waals surface area contributed by atoms with Crippen molar-refractivity contribution in [3.8, 4) is 5.75 Å². The van der Waals surface area contributed by atoms with Crippen LogP contribution in [-0.2, 0) is 0 Å². The minimum atomic E-state index is 0.360. The highest BCUT2D eigenvalue weighted by Gasteiger charge is 2.12. The SMILES string of the molecule is Cc1cc(Cl)c(OC(=S)Sc2ccccc2)c(Cl)c1. The highest BCUT2D eigenvalue weighted by Crippen LogP contribution is 2.35. The Morgan fingerprint density at radius 2 is 1.68 bits per heavy atom. The average Bonchev–Trinajstić information content (AvgIpc) is 2.35. The standard InChI is InChI=1S/C14H10Cl2OS2/c1-9-7-11(15)13(12(16)8-9)17-14(18)19-10-5-3-2-4-6-10/h2-8H,1H3. The summed E-state index contributed by atoms with van der Waals surface area (Å²) in [6.07, 6.45) is 0. The molecule has 0 aliphatic rings. The second-order valence-electron chi connectivity index (χ2n) is 3.82. The highest BCUT2D eigenvalue weighted by molar-refractivity contribution is 8.22. The van der Waals surface area contributed by atoms with Gasteiger partial charge in [0.25, 0.3) is 0 Å². The molecule has 0 aromatic heterocycles. The summed E-state index contributed by atoms with van der Waals surface area (Å²) in [6, 6.07) is 13.3. The fraction of sp³-hybridized carbons (Fsp3) is 0.0714. The summed E-state index contributed by atoms with van der Waals surface area (Å²) < 4.78 is 5.93.